The summed E-state index contributed by atoms with van der Waals surface area (Å²) in [6.45, 7) is 0.982. The van der Waals surface area contributed by atoms with Crippen molar-refractivity contribution in [3.05, 3.63) is 17.5 Å². The van der Waals surface area contributed by atoms with Gasteiger partial charge >= 0.3 is 0 Å². The van der Waals surface area contributed by atoms with Crippen LogP contribution in [-0.4, -0.2) is 28.2 Å². The molecular formula is C9H12ClN3O. The molecule has 76 valence electrons. The van der Waals surface area contributed by atoms with Crippen LogP contribution in [0.2, 0.25) is 5.15 Å². The van der Waals surface area contributed by atoms with E-state index in [-0.39, 0.29) is 12.0 Å². The Labute approximate surface area is 87.3 Å². The molecule has 1 aromatic rings. The smallest absolute Gasteiger partial charge is 0.134 e. The molecule has 1 aliphatic carbocycles. The molecule has 1 aromatic heterocycles. The summed E-state index contributed by atoms with van der Waals surface area (Å²) in [5, 5.41) is 12.7. The van der Waals surface area contributed by atoms with Crippen LogP contribution in [0.15, 0.2) is 12.4 Å². The van der Waals surface area contributed by atoms with Gasteiger partial charge in [-0.1, -0.05) is 11.6 Å². The highest BCUT2D eigenvalue weighted by molar-refractivity contribution is 6.29. The molecule has 0 saturated heterocycles. The first-order chi connectivity index (χ1) is 6.74. The fourth-order valence-corrected chi connectivity index (χ4v) is 1.42. The molecule has 1 aliphatic rings. The Morgan fingerprint density at radius 3 is 2.86 bits per heavy atom. The Balaban J connectivity index is 1.92. The second-order valence-electron chi connectivity index (χ2n) is 3.74. The summed E-state index contributed by atoms with van der Waals surface area (Å²) in [6.07, 6.45) is 3.58. The maximum absolute atomic E-state index is 9.09. The molecule has 0 spiro atoms. The van der Waals surface area contributed by atoms with Crippen molar-refractivity contribution in [2.75, 3.05) is 18.5 Å². The van der Waals surface area contributed by atoms with E-state index in [0.717, 1.165) is 19.4 Å². The van der Waals surface area contributed by atoms with Gasteiger partial charge in [0.15, 0.2) is 0 Å². The predicted molar refractivity (Wildman–Crippen MR) is 54.3 cm³/mol. The van der Waals surface area contributed by atoms with E-state index in [1.54, 1.807) is 6.07 Å². The molecular weight excluding hydrogens is 202 g/mol. The van der Waals surface area contributed by atoms with Gasteiger partial charge in [0.25, 0.3) is 0 Å². The zero-order chi connectivity index (χ0) is 10.0. The van der Waals surface area contributed by atoms with Crippen molar-refractivity contribution >= 4 is 17.4 Å². The van der Waals surface area contributed by atoms with E-state index >= 15 is 0 Å². The molecule has 0 unspecified atom stereocenters. The highest BCUT2D eigenvalue weighted by Crippen LogP contribution is 2.44. The highest BCUT2D eigenvalue weighted by atomic mass is 35.5. The van der Waals surface area contributed by atoms with Crippen molar-refractivity contribution in [3.8, 4) is 0 Å². The van der Waals surface area contributed by atoms with Crippen LogP contribution in [0.25, 0.3) is 0 Å². The van der Waals surface area contributed by atoms with Crippen LogP contribution in [0.3, 0.4) is 0 Å². The van der Waals surface area contributed by atoms with Crippen LogP contribution < -0.4 is 5.32 Å². The minimum atomic E-state index is 0.0808. The third-order valence-corrected chi connectivity index (χ3v) is 2.78. The third-order valence-electron chi connectivity index (χ3n) is 2.57. The van der Waals surface area contributed by atoms with Crippen LogP contribution in [0.5, 0.6) is 0 Å². The van der Waals surface area contributed by atoms with Gasteiger partial charge in [-0.15, -0.1) is 0 Å². The van der Waals surface area contributed by atoms with E-state index in [2.05, 4.69) is 15.3 Å². The summed E-state index contributed by atoms with van der Waals surface area (Å²) in [5.74, 6) is 0.713. The summed E-state index contributed by atoms with van der Waals surface area (Å²) in [7, 11) is 0. The molecule has 2 N–H and O–H groups in total. The molecule has 2 rings (SSSR count). The second-order valence-corrected chi connectivity index (χ2v) is 4.12. The predicted octanol–water partition coefficient (Wildman–Crippen LogP) is 1.31. The molecule has 0 aliphatic heterocycles. The molecule has 0 aromatic carbocycles. The fraction of sp³-hybridized carbons (Fsp3) is 0.556. The van der Waals surface area contributed by atoms with Crippen molar-refractivity contribution < 1.29 is 5.11 Å². The van der Waals surface area contributed by atoms with Crippen molar-refractivity contribution in [3.63, 3.8) is 0 Å². The Morgan fingerprint density at radius 2 is 2.29 bits per heavy atom. The number of halogens is 1. The van der Waals surface area contributed by atoms with Crippen molar-refractivity contribution in [2.45, 2.75) is 12.8 Å². The van der Waals surface area contributed by atoms with Crippen LogP contribution in [0.1, 0.15) is 12.8 Å². The number of hydrogen-bond acceptors (Lipinski definition) is 4. The van der Waals surface area contributed by atoms with Gasteiger partial charge in [0.1, 0.15) is 17.3 Å². The van der Waals surface area contributed by atoms with Crippen LogP contribution in [-0.2, 0) is 0 Å². The molecule has 1 heterocycles. The monoisotopic (exact) mass is 213 g/mol. The topological polar surface area (TPSA) is 58.0 Å². The van der Waals surface area contributed by atoms with Gasteiger partial charge in [-0.3, -0.25) is 0 Å². The number of nitrogens with zero attached hydrogens (tertiary/aromatic N) is 2. The average molecular weight is 214 g/mol. The lowest BCUT2D eigenvalue weighted by Crippen LogP contribution is -2.19. The lowest BCUT2D eigenvalue weighted by Gasteiger charge is -2.12. The summed E-state index contributed by atoms with van der Waals surface area (Å²) >= 11 is 5.70. The number of anilines is 1. The minimum absolute atomic E-state index is 0.0808. The molecule has 0 amide bonds. The number of nitrogens with one attached hydrogen (secondary N) is 1. The molecule has 0 atom stereocenters. The molecule has 0 radical (unpaired) electrons. The SMILES string of the molecule is OCC1(CNc2cc(Cl)ncn2)CC1. The van der Waals surface area contributed by atoms with Gasteiger partial charge in [-0.2, -0.15) is 0 Å². The average Bonchev–Trinajstić information content (AvgIpc) is 2.96. The molecule has 5 heteroatoms. The quantitative estimate of drug-likeness (QED) is 0.741. The van der Waals surface area contributed by atoms with Gasteiger partial charge in [0, 0.05) is 18.0 Å². The van der Waals surface area contributed by atoms with E-state index < -0.39 is 0 Å². The number of hydrogen-bond donors (Lipinski definition) is 2. The van der Waals surface area contributed by atoms with Crippen LogP contribution >= 0.6 is 11.6 Å². The first-order valence-corrected chi connectivity index (χ1v) is 4.94. The van der Waals surface area contributed by atoms with E-state index in [4.69, 9.17) is 16.7 Å². The third kappa shape index (κ3) is 2.13. The van der Waals surface area contributed by atoms with E-state index in [0.29, 0.717) is 11.0 Å². The Hall–Kier alpha value is -0.870. The molecule has 14 heavy (non-hydrogen) atoms. The van der Waals surface area contributed by atoms with Gasteiger partial charge in [0.05, 0.1) is 6.61 Å². The number of aliphatic hydroxyl groups excluding tert-OH is 1. The molecule has 4 nitrogen and oxygen atoms in total. The number of aromatic nitrogens is 2. The highest BCUT2D eigenvalue weighted by Gasteiger charge is 2.41. The van der Waals surface area contributed by atoms with E-state index in [1.165, 1.54) is 6.33 Å². The van der Waals surface area contributed by atoms with Gasteiger partial charge in [-0.05, 0) is 12.8 Å². The summed E-state index contributed by atoms with van der Waals surface area (Å²) in [5.41, 5.74) is 0.0808. The minimum Gasteiger partial charge on any atom is -0.396 e. The zero-order valence-electron chi connectivity index (χ0n) is 7.70. The number of aliphatic hydroxyl groups is 1. The Morgan fingerprint density at radius 1 is 1.50 bits per heavy atom. The fourth-order valence-electron chi connectivity index (χ4n) is 1.28. The second kappa shape index (κ2) is 3.71. The first kappa shape index (κ1) is 9.68. The standard InChI is InChI=1S/C9H12ClN3O/c10-7-3-8(13-6-12-7)11-4-9(5-14)1-2-9/h3,6,14H,1-2,4-5H2,(H,11,12,13). The molecule has 0 bridgehead atoms. The normalized spacial score (nSPS) is 17.9. The largest absolute Gasteiger partial charge is 0.396 e. The van der Waals surface area contributed by atoms with E-state index in [9.17, 15) is 0 Å². The first-order valence-electron chi connectivity index (χ1n) is 4.56. The maximum Gasteiger partial charge on any atom is 0.134 e. The lowest BCUT2D eigenvalue weighted by molar-refractivity contribution is 0.219. The number of rotatable bonds is 4. The van der Waals surface area contributed by atoms with Crippen molar-refractivity contribution in [1.82, 2.24) is 9.97 Å². The molecule has 1 saturated carbocycles. The van der Waals surface area contributed by atoms with Crippen molar-refractivity contribution in [1.29, 1.82) is 0 Å². The Bertz CT molecular complexity index is 328. The van der Waals surface area contributed by atoms with Gasteiger partial charge in [-0.25, -0.2) is 9.97 Å². The van der Waals surface area contributed by atoms with Crippen LogP contribution in [0.4, 0.5) is 5.82 Å². The van der Waals surface area contributed by atoms with Gasteiger partial charge < -0.3 is 10.4 Å². The van der Waals surface area contributed by atoms with Crippen molar-refractivity contribution in [2.24, 2.45) is 5.41 Å². The zero-order valence-corrected chi connectivity index (χ0v) is 8.46. The summed E-state index contributed by atoms with van der Waals surface area (Å²) in [6, 6.07) is 1.68. The summed E-state index contributed by atoms with van der Waals surface area (Å²) < 4.78 is 0. The Kier molecular flexibility index (Phi) is 2.56. The molecule has 1 fully saturated rings. The summed E-state index contributed by atoms with van der Waals surface area (Å²) in [4.78, 5) is 7.80. The van der Waals surface area contributed by atoms with E-state index in [1.807, 2.05) is 0 Å². The maximum atomic E-state index is 9.09. The lowest BCUT2D eigenvalue weighted by atomic mass is 10.1. The van der Waals surface area contributed by atoms with Crippen LogP contribution in [0, 0.1) is 5.41 Å². The van der Waals surface area contributed by atoms with Gasteiger partial charge in [0.2, 0.25) is 0 Å².